The zero-order chi connectivity index (χ0) is 30.5. The topological polar surface area (TPSA) is 96.7 Å². The van der Waals surface area contributed by atoms with Crippen molar-refractivity contribution in [1.82, 2.24) is 24.3 Å². The molecule has 0 aliphatic carbocycles. The minimum absolute atomic E-state index is 0.247. The lowest BCUT2D eigenvalue weighted by atomic mass is 10.0. The van der Waals surface area contributed by atoms with Gasteiger partial charge in [0.1, 0.15) is 11.4 Å². The van der Waals surface area contributed by atoms with Crippen molar-refractivity contribution in [2.75, 3.05) is 38.4 Å². The van der Waals surface area contributed by atoms with Gasteiger partial charge >= 0.3 is 0 Å². The number of para-hydroxylation sites is 2. The number of anilines is 3. The molecule has 0 saturated heterocycles. The Labute approximate surface area is 256 Å². The van der Waals surface area contributed by atoms with Crippen LogP contribution in [0.15, 0.2) is 109 Å². The van der Waals surface area contributed by atoms with E-state index in [4.69, 9.17) is 14.7 Å². The third-order valence-electron chi connectivity index (χ3n) is 7.24. The average molecular weight is 584 g/mol. The van der Waals surface area contributed by atoms with Crippen molar-refractivity contribution in [3.05, 3.63) is 121 Å². The fourth-order valence-electron chi connectivity index (χ4n) is 4.98. The number of carbonyl (C=O) groups is 1. The number of hydrogen-bond acceptors (Lipinski definition) is 7. The summed E-state index contributed by atoms with van der Waals surface area (Å²) in [4.78, 5) is 29.8. The summed E-state index contributed by atoms with van der Waals surface area (Å²) < 4.78 is 7.40. The van der Waals surface area contributed by atoms with Crippen LogP contribution in [-0.4, -0.2) is 57.9 Å². The lowest BCUT2D eigenvalue weighted by molar-refractivity contribution is 0.102. The van der Waals surface area contributed by atoms with Crippen molar-refractivity contribution in [1.29, 1.82) is 0 Å². The van der Waals surface area contributed by atoms with Gasteiger partial charge in [-0.3, -0.25) is 9.20 Å². The molecule has 3 aromatic heterocycles. The molecule has 9 nitrogen and oxygen atoms in total. The number of pyridine rings is 1. The Bertz CT molecular complexity index is 1920. The molecule has 0 radical (unpaired) electrons. The van der Waals surface area contributed by atoms with Crippen molar-refractivity contribution in [3.63, 3.8) is 0 Å². The van der Waals surface area contributed by atoms with E-state index < -0.39 is 0 Å². The van der Waals surface area contributed by atoms with E-state index in [1.165, 1.54) is 5.56 Å². The van der Waals surface area contributed by atoms with Crippen molar-refractivity contribution >= 4 is 28.9 Å². The van der Waals surface area contributed by atoms with Crippen LogP contribution in [-0.2, 0) is 6.42 Å². The monoisotopic (exact) mass is 583 g/mol. The van der Waals surface area contributed by atoms with Crippen molar-refractivity contribution < 1.29 is 9.53 Å². The van der Waals surface area contributed by atoms with E-state index in [9.17, 15) is 4.79 Å². The number of likely N-dealkylation sites (N-methyl/N-ethyl adjacent to an activating group) is 1. The third kappa shape index (κ3) is 6.28. The number of ether oxygens (including phenoxy) is 1. The summed E-state index contributed by atoms with van der Waals surface area (Å²) >= 11 is 0. The maximum atomic E-state index is 13.3. The van der Waals surface area contributed by atoms with Gasteiger partial charge in [-0.25, -0.2) is 15.0 Å². The lowest BCUT2D eigenvalue weighted by Gasteiger charge is -2.11. The van der Waals surface area contributed by atoms with Gasteiger partial charge < -0.3 is 20.3 Å². The number of carbonyl (C=O) groups excluding carboxylic acids is 1. The molecule has 9 heteroatoms. The van der Waals surface area contributed by atoms with Crippen LogP contribution in [0.1, 0.15) is 15.9 Å². The highest BCUT2D eigenvalue weighted by Gasteiger charge is 2.19. The molecule has 0 atom stereocenters. The van der Waals surface area contributed by atoms with E-state index in [0.717, 1.165) is 35.6 Å². The lowest BCUT2D eigenvalue weighted by Crippen LogP contribution is -2.14. The van der Waals surface area contributed by atoms with Gasteiger partial charge in [-0.05, 0) is 80.7 Å². The molecular formula is C35H33N7O2. The molecule has 0 aliphatic rings. The SMILES string of the molecule is COc1ccccc1NC(=O)c1cccc(-c2nc3ccccn3c2-c2ccnc(Nc3ccc(CCN(C)C)cc3)n2)c1. The molecule has 3 heterocycles. The molecule has 6 rings (SSSR count). The molecule has 0 unspecified atom stereocenters. The molecule has 44 heavy (non-hydrogen) atoms. The van der Waals surface area contributed by atoms with Crippen LogP contribution < -0.4 is 15.4 Å². The van der Waals surface area contributed by atoms with Gasteiger partial charge in [0.05, 0.1) is 29.9 Å². The number of rotatable bonds is 10. The predicted octanol–water partition coefficient (Wildman–Crippen LogP) is 6.57. The Morgan fingerprint density at radius 3 is 2.55 bits per heavy atom. The number of imidazole rings is 1. The van der Waals surface area contributed by atoms with E-state index in [1.54, 1.807) is 31.5 Å². The zero-order valence-electron chi connectivity index (χ0n) is 24.9. The molecule has 220 valence electrons. The van der Waals surface area contributed by atoms with Gasteiger partial charge in [-0.1, -0.05) is 42.5 Å². The summed E-state index contributed by atoms with van der Waals surface area (Å²) in [5.41, 5.74) is 7.03. The van der Waals surface area contributed by atoms with Crippen LogP contribution in [0, 0.1) is 0 Å². The molecule has 0 bridgehead atoms. The molecular weight excluding hydrogens is 550 g/mol. The van der Waals surface area contributed by atoms with Gasteiger partial charge in [-0.2, -0.15) is 0 Å². The van der Waals surface area contributed by atoms with Crippen LogP contribution in [0.5, 0.6) is 5.75 Å². The van der Waals surface area contributed by atoms with E-state index in [2.05, 4.69) is 46.7 Å². The zero-order valence-corrected chi connectivity index (χ0v) is 24.9. The summed E-state index contributed by atoms with van der Waals surface area (Å²) in [6.07, 6.45) is 4.68. The first-order valence-corrected chi connectivity index (χ1v) is 14.3. The number of fused-ring (bicyclic) bond motifs is 1. The third-order valence-corrected chi connectivity index (χ3v) is 7.24. The van der Waals surface area contributed by atoms with Crippen molar-refractivity contribution in [2.45, 2.75) is 6.42 Å². The molecule has 0 saturated carbocycles. The van der Waals surface area contributed by atoms with Gasteiger partial charge in [0.2, 0.25) is 5.95 Å². The Morgan fingerprint density at radius 2 is 1.73 bits per heavy atom. The first kappa shape index (κ1) is 28.6. The smallest absolute Gasteiger partial charge is 0.255 e. The largest absolute Gasteiger partial charge is 0.495 e. The summed E-state index contributed by atoms with van der Waals surface area (Å²) in [7, 11) is 5.73. The standard InChI is InChI=1S/C35H33N7O2/c1-41(2)22-19-24-14-16-27(17-15-24)37-35-36-20-18-29(39-35)33-32(40-31-13-6-7-21-42(31)33)25-9-8-10-26(23-25)34(43)38-28-11-4-5-12-30(28)44-3/h4-18,20-21,23H,19,22H2,1-3H3,(H,38,43)(H,36,37,39). The normalized spacial score (nSPS) is 11.1. The van der Waals surface area contributed by atoms with E-state index in [0.29, 0.717) is 34.3 Å². The summed E-state index contributed by atoms with van der Waals surface area (Å²) in [5, 5.41) is 6.29. The predicted molar refractivity (Wildman–Crippen MR) is 175 cm³/mol. The van der Waals surface area contributed by atoms with E-state index in [-0.39, 0.29) is 5.91 Å². The van der Waals surface area contributed by atoms with E-state index >= 15 is 0 Å². The highest BCUT2D eigenvalue weighted by atomic mass is 16.5. The summed E-state index contributed by atoms with van der Waals surface area (Å²) in [6, 6.07) is 30.8. The summed E-state index contributed by atoms with van der Waals surface area (Å²) in [5.74, 6) is 0.821. The number of hydrogen-bond donors (Lipinski definition) is 2. The molecule has 0 aliphatic heterocycles. The molecule has 1 amide bonds. The fourth-order valence-corrected chi connectivity index (χ4v) is 4.98. The molecule has 0 spiro atoms. The second kappa shape index (κ2) is 12.8. The quantitative estimate of drug-likeness (QED) is 0.188. The minimum atomic E-state index is -0.247. The number of nitrogens with one attached hydrogen (secondary N) is 2. The maximum Gasteiger partial charge on any atom is 0.255 e. The van der Waals surface area contributed by atoms with Crippen LogP contribution in [0.25, 0.3) is 28.3 Å². The first-order valence-electron chi connectivity index (χ1n) is 14.3. The fraction of sp³-hybridized carbons (Fsp3) is 0.143. The van der Waals surface area contributed by atoms with Crippen LogP contribution in [0.4, 0.5) is 17.3 Å². The molecule has 6 aromatic rings. The van der Waals surface area contributed by atoms with Gasteiger partial charge in [-0.15, -0.1) is 0 Å². The Balaban J connectivity index is 1.32. The van der Waals surface area contributed by atoms with E-state index in [1.807, 2.05) is 77.3 Å². The van der Waals surface area contributed by atoms with Crippen molar-refractivity contribution in [2.24, 2.45) is 0 Å². The second-order valence-electron chi connectivity index (χ2n) is 10.6. The second-order valence-corrected chi connectivity index (χ2v) is 10.6. The van der Waals surface area contributed by atoms with Crippen LogP contribution >= 0.6 is 0 Å². The molecule has 3 aromatic carbocycles. The maximum absolute atomic E-state index is 13.3. The Kier molecular flexibility index (Phi) is 8.29. The highest BCUT2D eigenvalue weighted by molar-refractivity contribution is 6.05. The molecule has 2 N–H and O–H groups in total. The number of benzene rings is 3. The first-order chi connectivity index (χ1) is 21.5. The van der Waals surface area contributed by atoms with Crippen LogP contribution in [0.2, 0.25) is 0 Å². The van der Waals surface area contributed by atoms with Gasteiger partial charge in [0.15, 0.2) is 0 Å². The summed E-state index contributed by atoms with van der Waals surface area (Å²) in [6.45, 7) is 0.995. The molecule has 0 fully saturated rings. The minimum Gasteiger partial charge on any atom is -0.495 e. The van der Waals surface area contributed by atoms with Crippen LogP contribution in [0.3, 0.4) is 0 Å². The number of methoxy groups -OCH3 is 1. The highest BCUT2D eigenvalue weighted by Crippen LogP contribution is 2.33. The van der Waals surface area contributed by atoms with Gasteiger partial charge in [0.25, 0.3) is 5.91 Å². The van der Waals surface area contributed by atoms with Crippen molar-refractivity contribution in [3.8, 4) is 28.4 Å². The average Bonchev–Trinajstić information content (AvgIpc) is 3.45. The Morgan fingerprint density at radius 1 is 0.909 bits per heavy atom. The van der Waals surface area contributed by atoms with Gasteiger partial charge in [0, 0.05) is 35.8 Å². The number of nitrogens with zero attached hydrogens (tertiary/aromatic N) is 5. The Hall–Kier alpha value is -5.54. The number of aromatic nitrogens is 4. The number of amides is 1.